The van der Waals surface area contributed by atoms with Gasteiger partial charge in [-0.1, -0.05) is 24.1 Å². The van der Waals surface area contributed by atoms with Crippen LogP contribution in [0.5, 0.6) is 0 Å². The molecule has 0 saturated carbocycles. The zero-order valence-electron chi connectivity index (χ0n) is 8.23. The molecular formula is C12H13NO. The van der Waals surface area contributed by atoms with E-state index in [1.165, 1.54) is 11.3 Å². The molecule has 1 aromatic carbocycles. The summed E-state index contributed by atoms with van der Waals surface area (Å²) in [6.45, 7) is 3.28. The van der Waals surface area contributed by atoms with Crippen LogP contribution < -0.4 is 4.90 Å². The van der Waals surface area contributed by atoms with Gasteiger partial charge in [-0.3, -0.25) is 0 Å². The number of anilines is 1. The van der Waals surface area contributed by atoms with Crippen molar-refractivity contribution < 1.29 is 4.74 Å². The van der Waals surface area contributed by atoms with Gasteiger partial charge in [-0.2, -0.15) is 0 Å². The maximum atomic E-state index is 5.46. The molecular weight excluding hydrogens is 174 g/mol. The van der Waals surface area contributed by atoms with E-state index in [1.54, 1.807) is 0 Å². The number of nitrogens with zero attached hydrogens (tertiary/aromatic N) is 1. The van der Waals surface area contributed by atoms with Crippen LogP contribution in [-0.4, -0.2) is 12.8 Å². The van der Waals surface area contributed by atoms with Crippen LogP contribution in [0.3, 0.4) is 0 Å². The number of para-hydroxylation sites is 1. The van der Waals surface area contributed by atoms with E-state index < -0.39 is 0 Å². The first-order valence-electron chi connectivity index (χ1n) is 4.71. The minimum atomic E-state index is 0.0800. The van der Waals surface area contributed by atoms with Gasteiger partial charge in [0.25, 0.3) is 0 Å². The van der Waals surface area contributed by atoms with Crippen molar-refractivity contribution in [3.8, 4) is 12.3 Å². The molecule has 1 atom stereocenters. The molecule has 1 unspecified atom stereocenters. The highest BCUT2D eigenvalue weighted by molar-refractivity contribution is 5.55. The van der Waals surface area contributed by atoms with E-state index in [1.807, 2.05) is 19.1 Å². The SMILES string of the molecule is C#CC(C)N1COCc2ccccc21. The van der Waals surface area contributed by atoms with Crippen molar-refractivity contribution in [2.24, 2.45) is 0 Å². The number of ether oxygens (including phenoxy) is 1. The minimum Gasteiger partial charge on any atom is -0.356 e. The predicted molar refractivity (Wildman–Crippen MR) is 56.9 cm³/mol. The Bertz CT molecular complexity index is 367. The normalized spacial score (nSPS) is 17.0. The van der Waals surface area contributed by atoms with E-state index in [2.05, 4.69) is 23.0 Å². The maximum Gasteiger partial charge on any atom is 0.120 e. The van der Waals surface area contributed by atoms with Gasteiger partial charge in [0.15, 0.2) is 0 Å². The van der Waals surface area contributed by atoms with Crippen molar-refractivity contribution in [3.05, 3.63) is 29.8 Å². The first-order valence-corrected chi connectivity index (χ1v) is 4.71. The van der Waals surface area contributed by atoms with E-state index >= 15 is 0 Å². The van der Waals surface area contributed by atoms with Gasteiger partial charge >= 0.3 is 0 Å². The summed E-state index contributed by atoms with van der Waals surface area (Å²) in [5, 5.41) is 0. The average molecular weight is 187 g/mol. The number of fused-ring (bicyclic) bond motifs is 1. The molecule has 0 radical (unpaired) electrons. The van der Waals surface area contributed by atoms with E-state index in [0.29, 0.717) is 13.3 Å². The van der Waals surface area contributed by atoms with E-state index in [0.717, 1.165) is 0 Å². The van der Waals surface area contributed by atoms with Crippen molar-refractivity contribution in [1.29, 1.82) is 0 Å². The van der Waals surface area contributed by atoms with Crippen LogP contribution in [0.15, 0.2) is 24.3 Å². The summed E-state index contributed by atoms with van der Waals surface area (Å²) in [4.78, 5) is 2.10. The molecule has 0 N–H and O–H groups in total. The van der Waals surface area contributed by atoms with Crippen LogP contribution in [0.1, 0.15) is 12.5 Å². The highest BCUT2D eigenvalue weighted by Crippen LogP contribution is 2.26. The summed E-state index contributed by atoms with van der Waals surface area (Å²) >= 11 is 0. The number of rotatable bonds is 1. The average Bonchev–Trinajstić information content (AvgIpc) is 2.27. The monoisotopic (exact) mass is 187 g/mol. The lowest BCUT2D eigenvalue weighted by atomic mass is 10.1. The number of terminal acetylenes is 1. The Hall–Kier alpha value is -1.46. The Morgan fingerprint density at radius 2 is 2.29 bits per heavy atom. The molecule has 0 fully saturated rings. The summed E-state index contributed by atoms with van der Waals surface area (Å²) in [6, 6.07) is 8.29. The summed E-state index contributed by atoms with van der Waals surface area (Å²) < 4.78 is 5.46. The second-order valence-corrected chi connectivity index (χ2v) is 3.42. The van der Waals surface area contributed by atoms with Gasteiger partial charge in [0.2, 0.25) is 0 Å². The van der Waals surface area contributed by atoms with Crippen molar-refractivity contribution in [1.82, 2.24) is 0 Å². The van der Waals surface area contributed by atoms with Crippen LogP contribution in [0.4, 0.5) is 5.69 Å². The van der Waals surface area contributed by atoms with Crippen molar-refractivity contribution in [2.45, 2.75) is 19.6 Å². The van der Waals surface area contributed by atoms with Gasteiger partial charge in [-0.05, 0) is 13.0 Å². The van der Waals surface area contributed by atoms with Gasteiger partial charge in [0, 0.05) is 11.3 Å². The zero-order valence-corrected chi connectivity index (χ0v) is 8.23. The minimum absolute atomic E-state index is 0.0800. The van der Waals surface area contributed by atoms with Crippen LogP contribution in [0.25, 0.3) is 0 Å². The summed E-state index contributed by atoms with van der Waals surface area (Å²) in [5.41, 5.74) is 2.41. The van der Waals surface area contributed by atoms with Crippen LogP contribution >= 0.6 is 0 Å². The lowest BCUT2D eigenvalue weighted by Gasteiger charge is -2.33. The summed E-state index contributed by atoms with van der Waals surface area (Å²) in [6.07, 6.45) is 5.41. The molecule has 2 rings (SSSR count). The lowest BCUT2D eigenvalue weighted by molar-refractivity contribution is 0.108. The molecule has 0 aliphatic carbocycles. The van der Waals surface area contributed by atoms with Gasteiger partial charge in [-0.15, -0.1) is 6.42 Å². The van der Waals surface area contributed by atoms with Crippen molar-refractivity contribution in [3.63, 3.8) is 0 Å². The van der Waals surface area contributed by atoms with Gasteiger partial charge in [0.05, 0.1) is 12.6 Å². The highest BCUT2D eigenvalue weighted by Gasteiger charge is 2.19. The Morgan fingerprint density at radius 1 is 1.50 bits per heavy atom. The molecule has 1 aliphatic heterocycles. The fourth-order valence-electron chi connectivity index (χ4n) is 1.65. The molecule has 0 saturated heterocycles. The Kier molecular flexibility index (Phi) is 2.43. The van der Waals surface area contributed by atoms with Crippen molar-refractivity contribution >= 4 is 5.69 Å². The molecule has 0 aromatic heterocycles. The molecule has 72 valence electrons. The molecule has 1 aromatic rings. The largest absolute Gasteiger partial charge is 0.356 e. The standard InChI is InChI=1S/C12H13NO/c1-3-10(2)13-9-14-8-11-6-4-5-7-12(11)13/h1,4-7,10H,8-9H2,2H3. The Labute approximate surface area is 84.5 Å². The zero-order chi connectivity index (χ0) is 9.97. The first kappa shape index (κ1) is 9.11. The Morgan fingerprint density at radius 3 is 3.07 bits per heavy atom. The molecule has 1 aliphatic rings. The van der Waals surface area contributed by atoms with Crippen LogP contribution in [-0.2, 0) is 11.3 Å². The van der Waals surface area contributed by atoms with Crippen molar-refractivity contribution in [2.75, 3.05) is 11.6 Å². The summed E-state index contributed by atoms with van der Waals surface area (Å²) in [7, 11) is 0. The maximum absolute atomic E-state index is 5.46. The lowest BCUT2D eigenvalue weighted by Crippen LogP contribution is -2.37. The third kappa shape index (κ3) is 1.47. The number of benzene rings is 1. The second kappa shape index (κ2) is 3.73. The smallest absolute Gasteiger partial charge is 0.120 e. The fourth-order valence-corrected chi connectivity index (χ4v) is 1.65. The fraction of sp³-hybridized carbons (Fsp3) is 0.333. The third-order valence-electron chi connectivity index (χ3n) is 2.50. The van der Waals surface area contributed by atoms with E-state index in [-0.39, 0.29) is 6.04 Å². The molecule has 0 amide bonds. The van der Waals surface area contributed by atoms with E-state index in [9.17, 15) is 0 Å². The van der Waals surface area contributed by atoms with Crippen LogP contribution in [0.2, 0.25) is 0 Å². The number of hydrogen-bond donors (Lipinski definition) is 0. The molecule has 14 heavy (non-hydrogen) atoms. The van der Waals surface area contributed by atoms with Gasteiger partial charge in [0.1, 0.15) is 6.73 Å². The Balaban J connectivity index is 2.36. The van der Waals surface area contributed by atoms with E-state index in [4.69, 9.17) is 11.2 Å². The van der Waals surface area contributed by atoms with Gasteiger partial charge < -0.3 is 9.64 Å². The second-order valence-electron chi connectivity index (χ2n) is 3.42. The predicted octanol–water partition coefficient (Wildman–Crippen LogP) is 2.00. The van der Waals surface area contributed by atoms with Crippen LogP contribution in [0, 0.1) is 12.3 Å². The summed E-state index contributed by atoms with van der Waals surface area (Å²) in [5.74, 6) is 2.72. The molecule has 1 heterocycles. The first-order chi connectivity index (χ1) is 6.83. The molecule has 2 heteroatoms. The quantitative estimate of drug-likeness (QED) is 0.623. The van der Waals surface area contributed by atoms with Gasteiger partial charge in [-0.25, -0.2) is 0 Å². The topological polar surface area (TPSA) is 12.5 Å². The molecule has 0 bridgehead atoms. The molecule has 2 nitrogen and oxygen atoms in total. The molecule has 0 spiro atoms. The number of hydrogen-bond acceptors (Lipinski definition) is 2. The highest BCUT2D eigenvalue weighted by atomic mass is 16.5. The third-order valence-corrected chi connectivity index (χ3v) is 2.50.